The van der Waals surface area contributed by atoms with Crippen LogP contribution in [0.25, 0.3) is 0 Å². The van der Waals surface area contributed by atoms with Crippen LogP contribution in [-0.2, 0) is 9.59 Å². The maximum atomic E-state index is 12.6. The van der Waals surface area contributed by atoms with E-state index in [1.165, 1.54) is 6.42 Å². The Morgan fingerprint density at radius 1 is 1.43 bits per heavy atom. The summed E-state index contributed by atoms with van der Waals surface area (Å²) in [5, 5.41) is 12.1. The van der Waals surface area contributed by atoms with E-state index in [-0.39, 0.29) is 11.8 Å². The van der Waals surface area contributed by atoms with E-state index >= 15 is 0 Å². The molecule has 3 atom stereocenters. The van der Waals surface area contributed by atoms with E-state index < -0.39 is 17.6 Å². The highest BCUT2D eigenvalue weighted by Gasteiger charge is 2.39. The Bertz CT molecular complexity index is 382. The Balaban J connectivity index is 2.77. The molecule has 5 heteroatoms. The minimum atomic E-state index is -0.958. The van der Waals surface area contributed by atoms with Gasteiger partial charge in [-0.3, -0.25) is 9.69 Å². The number of hydrogen-bond donors (Lipinski definition) is 2. The number of rotatable bonds is 6. The molecule has 122 valence electrons. The first-order valence-electron chi connectivity index (χ1n) is 7.99. The highest BCUT2D eigenvalue weighted by atomic mass is 16.4. The van der Waals surface area contributed by atoms with Crippen molar-refractivity contribution in [2.75, 3.05) is 13.1 Å². The van der Waals surface area contributed by atoms with Crippen molar-refractivity contribution in [3.8, 4) is 0 Å². The van der Waals surface area contributed by atoms with Crippen molar-refractivity contribution < 1.29 is 14.7 Å². The topological polar surface area (TPSA) is 69.6 Å². The van der Waals surface area contributed by atoms with E-state index in [1.54, 1.807) is 0 Å². The van der Waals surface area contributed by atoms with Gasteiger partial charge in [-0.05, 0) is 45.1 Å². The summed E-state index contributed by atoms with van der Waals surface area (Å²) in [6, 6.07) is -0.816. The fraction of sp³-hybridized carbons (Fsp3) is 0.875. The number of hydrogen-bond acceptors (Lipinski definition) is 3. The van der Waals surface area contributed by atoms with Gasteiger partial charge in [-0.2, -0.15) is 0 Å². The highest BCUT2D eigenvalue weighted by Crippen LogP contribution is 2.24. The summed E-state index contributed by atoms with van der Waals surface area (Å²) in [7, 11) is 0. The molecule has 0 radical (unpaired) electrons. The number of nitrogens with zero attached hydrogens (tertiary/aromatic N) is 1. The molecule has 0 spiro atoms. The molecule has 1 heterocycles. The molecule has 5 nitrogen and oxygen atoms in total. The number of carboxylic acids is 1. The zero-order valence-electron chi connectivity index (χ0n) is 14.0. The van der Waals surface area contributed by atoms with Gasteiger partial charge in [-0.1, -0.05) is 27.2 Å². The first-order chi connectivity index (χ1) is 9.70. The van der Waals surface area contributed by atoms with Crippen LogP contribution < -0.4 is 5.32 Å². The van der Waals surface area contributed by atoms with E-state index in [9.17, 15) is 14.7 Å². The number of aliphatic carboxylic acids is 1. The molecule has 0 aromatic heterocycles. The Labute approximate surface area is 128 Å². The largest absolute Gasteiger partial charge is 0.480 e. The summed E-state index contributed by atoms with van der Waals surface area (Å²) in [6.07, 6.45) is 3.00. The quantitative estimate of drug-likeness (QED) is 0.788. The lowest BCUT2D eigenvalue weighted by Gasteiger charge is -2.42. The van der Waals surface area contributed by atoms with Gasteiger partial charge in [0.2, 0.25) is 5.91 Å². The van der Waals surface area contributed by atoms with Crippen LogP contribution in [0.15, 0.2) is 0 Å². The SMILES string of the molecule is CCC(C)C(NC(=O)C(C)(C)N1CCCC(C)C1)C(=O)O. The lowest BCUT2D eigenvalue weighted by molar-refractivity contribution is -0.146. The van der Waals surface area contributed by atoms with Crippen LogP contribution in [0.4, 0.5) is 0 Å². The van der Waals surface area contributed by atoms with Gasteiger partial charge < -0.3 is 10.4 Å². The average Bonchev–Trinajstić information content (AvgIpc) is 2.43. The number of nitrogens with one attached hydrogen (secondary N) is 1. The number of carbonyl (C=O) groups is 2. The second-order valence-electron chi connectivity index (χ2n) is 6.93. The van der Waals surface area contributed by atoms with E-state index in [1.807, 2.05) is 27.7 Å². The van der Waals surface area contributed by atoms with E-state index in [2.05, 4.69) is 17.1 Å². The third kappa shape index (κ3) is 4.43. The van der Waals surface area contributed by atoms with Gasteiger partial charge in [0.25, 0.3) is 0 Å². The Kier molecular flexibility index (Phi) is 6.20. The van der Waals surface area contributed by atoms with Crippen LogP contribution in [-0.4, -0.2) is 46.6 Å². The molecule has 21 heavy (non-hydrogen) atoms. The number of likely N-dealkylation sites (tertiary alicyclic amines) is 1. The number of carbonyl (C=O) groups excluding carboxylic acids is 1. The fourth-order valence-electron chi connectivity index (χ4n) is 2.84. The minimum absolute atomic E-state index is 0.0810. The smallest absolute Gasteiger partial charge is 0.326 e. The molecule has 1 fully saturated rings. The summed E-state index contributed by atoms with van der Waals surface area (Å²) in [4.78, 5) is 26.1. The Morgan fingerprint density at radius 3 is 2.52 bits per heavy atom. The number of piperidine rings is 1. The van der Waals surface area contributed by atoms with Gasteiger partial charge in [-0.15, -0.1) is 0 Å². The molecule has 0 bridgehead atoms. The maximum absolute atomic E-state index is 12.6. The molecule has 1 rings (SSSR count). The van der Waals surface area contributed by atoms with Crippen LogP contribution >= 0.6 is 0 Å². The second-order valence-corrected chi connectivity index (χ2v) is 6.93. The number of amides is 1. The second kappa shape index (κ2) is 7.25. The average molecular weight is 298 g/mol. The summed E-state index contributed by atoms with van der Waals surface area (Å²) in [5.41, 5.74) is -0.671. The molecule has 1 amide bonds. The van der Waals surface area contributed by atoms with E-state index in [4.69, 9.17) is 0 Å². The first kappa shape index (κ1) is 18.0. The Hall–Kier alpha value is -1.10. The first-order valence-corrected chi connectivity index (χ1v) is 7.99. The number of carboxylic acid groups (broad SMARTS) is 1. The van der Waals surface area contributed by atoms with Crippen molar-refractivity contribution >= 4 is 11.9 Å². The molecule has 0 aromatic carbocycles. The molecule has 3 unspecified atom stereocenters. The van der Waals surface area contributed by atoms with Gasteiger partial charge >= 0.3 is 5.97 Å². The zero-order chi connectivity index (χ0) is 16.2. The summed E-state index contributed by atoms with van der Waals surface area (Å²) < 4.78 is 0. The van der Waals surface area contributed by atoms with E-state index in [0.717, 1.165) is 25.9 Å². The standard InChI is InChI=1S/C16H30N2O3/c1-6-12(3)13(14(19)20)17-15(21)16(4,5)18-9-7-8-11(2)10-18/h11-13H,6-10H2,1-5H3,(H,17,21)(H,19,20). The molecule has 0 saturated carbocycles. The van der Waals surface area contributed by atoms with Crippen LogP contribution in [0, 0.1) is 11.8 Å². The van der Waals surface area contributed by atoms with Crippen molar-refractivity contribution in [1.82, 2.24) is 10.2 Å². The van der Waals surface area contributed by atoms with Crippen molar-refractivity contribution in [3.05, 3.63) is 0 Å². The van der Waals surface area contributed by atoms with Crippen molar-refractivity contribution in [1.29, 1.82) is 0 Å². The zero-order valence-corrected chi connectivity index (χ0v) is 14.0. The molecular weight excluding hydrogens is 268 g/mol. The highest BCUT2D eigenvalue weighted by molar-refractivity contribution is 5.89. The summed E-state index contributed by atoms with van der Waals surface area (Å²) in [5.74, 6) is -0.650. The van der Waals surface area contributed by atoms with Crippen molar-refractivity contribution in [3.63, 3.8) is 0 Å². The van der Waals surface area contributed by atoms with Crippen LogP contribution in [0.2, 0.25) is 0 Å². The van der Waals surface area contributed by atoms with Crippen molar-refractivity contribution in [2.45, 2.75) is 65.5 Å². The third-order valence-electron chi connectivity index (χ3n) is 4.77. The molecular formula is C16H30N2O3. The van der Waals surface area contributed by atoms with Gasteiger partial charge in [0.1, 0.15) is 6.04 Å². The molecule has 2 N–H and O–H groups in total. The minimum Gasteiger partial charge on any atom is -0.480 e. The van der Waals surface area contributed by atoms with E-state index in [0.29, 0.717) is 5.92 Å². The maximum Gasteiger partial charge on any atom is 0.326 e. The lowest BCUT2D eigenvalue weighted by atomic mass is 9.92. The normalized spacial score (nSPS) is 23.4. The van der Waals surface area contributed by atoms with Gasteiger partial charge in [-0.25, -0.2) is 4.79 Å². The third-order valence-corrected chi connectivity index (χ3v) is 4.77. The van der Waals surface area contributed by atoms with Gasteiger partial charge in [0, 0.05) is 6.54 Å². The molecule has 0 aliphatic carbocycles. The predicted molar refractivity (Wildman–Crippen MR) is 83.1 cm³/mol. The fourth-order valence-corrected chi connectivity index (χ4v) is 2.84. The molecule has 1 aliphatic rings. The lowest BCUT2D eigenvalue weighted by Crippen LogP contribution is -2.60. The summed E-state index contributed by atoms with van der Waals surface area (Å²) in [6.45, 7) is 11.5. The summed E-state index contributed by atoms with van der Waals surface area (Å²) >= 11 is 0. The van der Waals surface area contributed by atoms with Crippen LogP contribution in [0.5, 0.6) is 0 Å². The van der Waals surface area contributed by atoms with Gasteiger partial charge in [0.05, 0.1) is 5.54 Å². The Morgan fingerprint density at radius 2 is 2.05 bits per heavy atom. The van der Waals surface area contributed by atoms with Gasteiger partial charge in [0.15, 0.2) is 0 Å². The van der Waals surface area contributed by atoms with Crippen LogP contribution in [0.3, 0.4) is 0 Å². The van der Waals surface area contributed by atoms with Crippen molar-refractivity contribution in [2.24, 2.45) is 11.8 Å². The van der Waals surface area contributed by atoms with Crippen LogP contribution in [0.1, 0.15) is 53.9 Å². The molecule has 1 aliphatic heterocycles. The monoisotopic (exact) mass is 298 g/mol. The molecule has 0 aromatic rings. The molecule has 1 saturated heterocycles. The predicted octanol–water partition coefficient (Wildman–Crippen LogP) is 2.11.